The van der Waals surface area contributed by atoms with Crippen LogP contribution < -0.4 is 9.47 Å². The van der Waals surface area contributed by atoms with E-state index in [4.69, 9.17) is 9.47 Å². The number of hydrogen-bond acceptors (Lipinski definition) is 3. The van der Waals surface area contributed by atoms with E-state index in [0.717, 1.165) is 53.9 Å². The molecule has 1 N–H and O–H groups in total. The number of hydrogen-bond donors (Lipinski definition) is 1. The summed E-state index contributed by atoms with van der Waals surface area (Å²) in [6.07, 6.45) is 4.26. The van der Waals surface area contributed by atoms with E-state index in [9.17, 15) is 5.11 Å². The lowest BCUT2D eigenvalue weighted by atomic mass is 9.80. The highest BCUT2D eigenvalue weighted by Gasteiger charge is 2.33. The smallest absolute Gasteiger partial charge is 0.140 e. The molecule has 0 unspecified atom stereocenters. The van der Waals surface area contributed by atoms with E-state index in [1.807, 2.05) is 78.9 Å². The van der Waals surface area contributed by atoms with Crippen LogP contribution in [0.25, 0.3) is 0 Å². The molecule has 0 aliphatic carbocycles. The minimum atomic E-state index is -1.26. The summed E-state index contributed by atoms with van der Waals surface area (Å²) in [4.78, 5) is 0. The molecular formula is C27H32O3. The van der Waals surface area contributed by atoms with Gasteiger partial charge in [-0.1, -0.05) is 81.3 Å². The van der Waals surface area contributed by atoms with Gasteiger partial charge in [-0.05, 0) is 53.8 Å². The Morgan fingerprint density at radius 1 is 0.600 bits per heavy atom. The van der Waals surface area contributed by atoms with E-state index >= 15 is 0 Å². The van der Waals surface area contributed by atoms with Crippen LogP contribution >= 0.6 is 0 Å². The minimum Gasteiger partial charge on any atom is -0.494 e. The fraction of sp³-hybridized carbons (Fsp3) is 0.333. The van der Waals surface area contributed by atoms with Gasteiger partial charge < -0.3 is 14.6 Å². The van der Waals surface area contributed by atoms with Crippen LogP contribution in [0, 0.1) is 0 Å². The molecule has 0 aromatic heterocycles. The Hall–Kier alpha value is -2.78. The van der Waals surface area contributed by atoms with E-state index in [1.54, 1.807) is 0 Å². The Morgan fingerprint density at radius 2 is 1.00 bits per heavy atom. The van der Waals surface area contributed by atoms with E-state index in [2.05, 4.69) is 13.8 Å². The molecule has 0 radical (unpaired) electrons. The third kappa shape index (κ3) is 5.22. The van der Waals surface area contributed by atoms with Crippen LogP contribution in [0.1, 0.15) is 56.2 Å². The van der Waals surface area contributed by atoms with Crippen LogP contribution in [-0.4, -0.2) is 18.3 Å². The second kappa shape index (κ2) is 10.8. The molecular weight excluding hydrogens is 372 g/mol. The van der Waals surface area contributed by atoms with Gasteiger partial charge in [0.15, 0.2) is 0 Å². The molecule has 0 aliphatic heterocycles. The predicted molar refractivity (Wildman–Crippen MR) is 122 cm³/mol. The lowest BCUT2D eigenvalue weighted by Crippen LogP contribution is -2.28. The first kappa shape index (κ1) is 21.9. The summed E-state index contributed by atoms with van der Waals surface area (Å²) in [5.41, 5.74) is 1.17. The van der Waals surface area contributed by atoms with Crippen molar-refractivity contribution in [2.24, 2.45) is 0 Å². The summed E-state index contributed by atoms with van der Waals surface area (Å²) in [6.45, 7) is 5.70. The van der Waals surface area contributed by atoms with Crippen molar-refractivity contribution in [3.8, 4) is 11.5 Å². The fourth-order valence-electron chi connectivity index (χ4n) is 3.43. The van der Waals surface area contributed by atoms with E-state index < -0.39 is 5.60 Å². The molecule has 0 bridgehead atoms. The maximum absolute atomic E-state index is 12.0. The van der Waals surface area contributed by atoms with Crippen LogP contribution in [0.2, 0.25) is 0 Å². The van der Waals surface area contributed by atoms with Crippen LogP contribution in [0.5, 0.6) is 11.5 Å². The molecule has 3 aromatic carbocycles. The van der Waals surface area contributed by atoms with Crippen molar-refractivity contribution < 1.29 is 14.6 Å². The van der Waals surface area contributed by atoms with Gasteiger partial charge in [-0.3, -0.25) is 0 Å². The summed E-state index contributed by atoms with van der Waals surface area (Å²) in [5.74, 6) is 1.64. The highest BCUT2D eigenvalue weighted by atomic mass is 16.5. The van der Waals surface area contributed by atoms with Crippen LogP contribution in [0.4, 0.5) is 0 Å². The summed E-state index contributed by atoms with van der Waals surface area (Å²) in [6, 6.07) is 25.3. The van der Waals surface area contributed by atoms with Gasteiger partial charge in [0.05, 0.1) is 13.2 Å². The van der Waals surface area contributed by atoms with Crippen LogP contribution in [-0.2, 0) is 5.60 Å². The Morgan fingerprint density at radius 3 is 1.40 bits per heavy atom. The first-order chi connectivity index (χ1) is 14.7. The molecule has 3 rings (SSSR count). The maximum Gasteiger partial charge on any atom is 0.140 e. The molecule has 3 heteroatoms. The third-order valence-electron chi connectivity index (χ3n) is 5.27. The van der Waals surface area contributed by atoms with Gasteiger partial charge in [0.1, 0.15) is 17.1 Å². The van der Waals surface area contributed by atoms with Gasteiger partial charge >= 0.3 is 0 Å². The highest BCUT2D eigenvalue weighted by molar-refractivity contribution is 5.49. The molecule has 0 saturated heterocycles. The van der Waals surface area contributed by atoms with Gasteiger partial charge in [0.25, 0.3) is 0 Å². The summed E-state index contributed by atoms with van der Waals surface area (Å²) >= 11 is 0. The molecule has 0 saturated carbocycles. The Balaban J connectivity index is 1.91. The van der Waals surface area contributed by atoms with Gasteiger partial charge in [-0.25, -0.2) is 0 Å². The average Bonchev–Trinajstić information content (AvgIpc) is 2.80. The van der Waals surface area contributed by atoms with Crippen molar-refractivity contribution in [2.75, 3.05) is 13.2 Å². The van der Waals surface area contributed by atoms with Crippen molar-refractivity contribution in [2.45, 2.75) is 45.1 Å². The highest BCUT2D eigenvalue weighted by Crippen LogP contribution is 2.37. The zero-order valence-electron chi connectivity index (χ0n) is 18.0. The van der Waals surface area contributed by atoms with Crippen LogP contribution in [0.3, 0.4) is 0 Å². The summed E-state index contributed by atoms with van der Waals surface area (Å²) < 4.78 is 11.6. The normalized spacial score (nSPS) is 11.3. The third-order valence-corrected chi connectivity index (χ3v) is 5.27. The van der Waals surface area contributed by atoms with E-state index in [-0.39, 0.29) is 0 Å². The SMILES string of the molecule is CCCCOc1ccc(C(O)(c2ccccc2)c2ccc(OCCCC)cc2)cc1. The van der Waals surface area contributed by atoms with Crippen molar-refractivity contribution in [3.63, 3.8) is 0 Å². The topological polar surface area (TPSA) is 38.7 Å². The predicted octanol–water partition coefficient (Wildman–Crippen LogP) is 6.33. The van der Waals surface area contributed by atoms with Crippen molar-refractivity contribution in [1.29, 1.82) is 0 Å². The molecule has 0 heterocycles. The number of ether oxygens (including phenoxy) is 2. The zero-order valence-corrected chi connectivity index (χ0v) is 18.0. The molecule has 0 amide bonds. The molecule has 30 heavy (non-hydrogen) atoms. The fourth-order valence-corrected chi connectivity index (χ4v) is 3.43. The zero-order chi connectivity index (χ0) is 21.2. The maximum atomic E-state index is 12.0. The summed E-state index contributed by atoms with van der Waals surface area (Å²) in [5, 5.41) is 12.0. The lowest BCUT2D eigenvalue weighted by molar-refractivity contribution is 0.125. The first-order valence-electron chi connectivity index (χ1n) is 10.9. The lowest BCUT2D eigenvalue weighted by Gasteiger charge is -2.30. The minimum absolute atomic E-state index is 0.707. The van der Waals surface area contributed by atoms with E-state index in [0.29, 0.717) is 13.2 Å². The van der Waals surface area contributed by atoms with Gasteiger partial charge in [0, 0.05) is 0 Å². The molecule has 158 valence electrons. The number of rotatable bonds is 11. The van der Waals surface area contributed by atoms with Gasteiger partial charge in [-0.2, -0.15) is 0 Å². The molecule has 0 aliphatic rings. The molecule has 0 fully saturated rings. The van der Waals surface area contributed by atoms with Crippen molar-refractivity contribution >= 4 is 0 Å². The number of aliphatic hydroxyl groups is 1. The molecule has 3 nitrogen and oxygen atoms in total. The standard InChI is InChI=1S/C27H32O3/c1-3-5-20-29-25-16-12-23(13-17-25)27(28,22-10-8-7-9-11-22)24-14-18-26(19-15-24)30-21-6-4-2/h7-19,28H,3-6,20-21H2,1-2H3. The second-order valence-corrected chi connectivity index (χ2v) is 7.53. The average molecular weight is 405 g/mol. The first-order valence-corrected chi connectivity index (χ1v) is 10.9. The van der Waals surface area contributed by atoms with E-state index in [1.165, 1.54) is 0 Å². The quantitative estimate of drug-likeness (QED) is 0.300. The van der Waals surface area contributed by atoms with Crippen molar-refractivity contribution in [1.82, 2.24) is 0 Å². The monoisotopic (exact) mass is 404 g/mol. The largest absolute Gasteiger partial charge is 0.494 e. The number of benzene rings is 3. The molecule has 0 atom stereocenters. The van der Waals surface area contributed by atoms with Crippen LogP contribution in [0.15, 0.2) is 78.9 Å². The Labute approximate surface area is 180 Å². The van der Waals surface area contributed by atoms with Gasteiger partial charge in [0.2, 0.25) is 0 Å². The molecule has 0 spiro atoms. The van der Waals surface area contributed by atoms with Crippen molar-refractivity contribution in [3.05, 3.63) is 95.6 Å². The Bertz CT molecular complexity index is 817. The second-order valence-electron chi connectivity index (χ2n) is 7.53. The summed E-state index contributed by atoms with van der Waals surface area (Å²) in [7, 11) is 0. The number of unbranched alkanes of at least 4 members (excludes halogenated alkanes) is 2. The Kier molecular flexibility index (Phi) is 7.92. The van der Waals surface area contributed by atoms with Gasteiger partial charge in [-0.15, -0.1) is 0 Å². The molecule has 3 aromatic rings.